The quantitative estimate of drug-likeness (QED) is 0.920. The van der Waals surface area contributed by atoms with E-state index in [-0.39, 0.29) is 18.2 Å². The standard InChI is InChI=1S/C16H16N2O3S/c19-15(17-10-12-4-3-9-21-12)7-8-18-13-5-1-2-6-14(13)22-11-16(18)20/h1-6,9H,7-8,10-11H2,(H,17,19). The number of anilines is 1. The van der Waals surface area contributed by atoms with Gasteiger partial charge in [-0.25, -0.2) is 0 Å². The van der Waals surface area contributed by atoms with E-state index in [0.29, 0.717) is 24.6 Å². The van der Waals surface area contributed by atoms with Crippen molar-refractivity contribution in [2.24, 2.45) is 0 Å². The highest BCUT2D eigenvalue weighted by molar-refractivity contribution is 8.00. The minimum absolute atomic E-state index is 0.0440. The predicted molar refractivity (Wildman–Crippen MR) is 84.7 cm³/mol. The molecule has 2 amide bonds. The lowest BCUT2D eigenvalue weighted by molar-refractivity contribution is -0.121. The van der Waals surface area contributed by atoms with E-state index in [4.69, 9.17) is 4.42 Å². The van der Waals surface area contributed by atoms with Crippen LogP contribution in [-0.2, 0) is 16.1 Å². The van der Waals surface area contributed by atoms with Gasteiger partial charge in [0.2, 0.25) is 11.8 Å². The minimum atomic E-state index is -0.0973. The lowest BCUT2D eigenvalue weighted by Gasteiger charge is -2.28. The number of furan rings is 1. The first-order valence-electron chi connectivity index (χ1n) is 7.05. The highest BCUT2D eigenvalue weighted by Gasteiger charge is 2.24. The molecule has 1 aliphatic heterocycles. The predicted octanol–water partition coefficient (Wildman–Crippen LogP) is 2.42. The molecule has 22 heavy (non-hydrogen) atoms. The summed E-state index contributed by atoms with van der Waals surface area (Å²) < 4.78 is 5.16. The molecule has 1 aliphatic rings. The average Bonchev–Trinajstić information content (AvgIpc) is 3.05. The van der Waals surface area contributed by atoms with Gasteiger partial charge in [0.1, 0.15) is 5.76 Å². The number of para-hydroxylation sites is 1. The molecule has 0 radical (unpaired) electrons. The first-order chi connectivity index (χ1) is 10.7. The summed E-state index contributed by atoms with van der Waals surface area (Å²) in [5, 5.41) is 2.79. The van der Waals surface area contributed by atoms with Crippen LogP contribution in [0.25, 0.3) is 0 Å². The molecule has 3 rings (SSSR count). The van der Waals surface area contributed by atoms with Crippen LogP contribution >= 0.6 is 11.8 Å². The molecule has 2 heterocycles. The van der Waals surface area contributed by atoms with Crippen LogP contribution in [0.1, 0.15) is 12.2 Å². The Morgan fingerprint density at radius 3 is 2.95 bits per heavy atom. The van der Waals surface area contributed by atoms with Crippen LogP contribution in [0.5, 0.6) is 0 Å². The molecule has 0 bridgehead atoms. The maximum absolute atomic E-state index is 12.1. The first-order valence-corrected chi connectivity index (χ1v) is 8.04. The van der Waals surface area contributed by atoms with Crippen molar-refractivity contribution in [2.45, 2.75) is 17.9 Å². The van der Waals surface area contributed by atoms with Crippen molar-refractivity contribution in [3.05, 3.63) is 48.4 Å². The van der Waals surface area contributed by atoms with Crippen molar-refractivity contribution in [1.82, 2.24) is 5.32 Å². The third-order valence-corrected chi connectivity index (χ3v) is 4.46. The molecule has 0 spiro atoms. The van der Waals surface area contributed by atoms with E-state index in [1.54, 1.807) is 17.2 Å². The summed E-state index contributed by atoms with van der Waals surface area (Å²) in [5.41, 5.74) is 0.891. The number of amides is 2. The molecule has 0 fully saturated rings. The zero-order valence-corrected chi connectivity index (χ0v) is 12.8. The van der Waals surface area contributed by atoms with Crippen molar-refractivity contribution in [3.8, 4) is 0 Å². The van der Waals surface area contributed by atoms with Gasteiger partial charge in [-0.05, 0) is 24.3 Å². The highest BCUT2D eigenvalue weighted by atomic mass is 32.2. The fraction of sp³-hybridized carbons (Fsp3) is 0.250. The van der Waals surface area contributed by atoms with Crippen molar-refractivity contribution in [3.63, 3.8) is 0 Å². The monoisotopic (exact) mass is 316 g/mol. The zero-order valence-electron chi connectivity index (χ0n) is 12.0. The van der Waals surface area contributed by atoms with E-state index in [0.717, 1.165) is 10.6 Å². The van der Waals surface area contributed by atoms with Gasteiger partial charge in [0.25, 0.3) is 0 Å². The molecular weight excluding hydrogens is 300 g/mol. The van der Waals surface area contributed by atoms with Crippen LogP contribution in [0, 0.1) is 0 Å². The Kier molecular flexibility index (Phi) is 4.48. The topological polar surface area (TPSA) is 62.6 Å². The number of fused-ring (bicyclic) bond motifs is 1. The summed E-state index contributed by atoms with van der Waals surface area (Å²) in [4.78, 5) is 26.8. The van der Waals surface area contributed by atoms with Gasteiger partial charge >= 0.3 is 0 Å². The van der Waals surface area contributed by atoms with E-state index in [9.17, 15) is 9.59 Å². The number of nitrogens with zero attached hydrogens (tertiary/aromatic N) is 1. The van der Waals surface area contributed by atoms with Crippen LogP contribution < -0.4 is 10.2 Å². The number of carbonyl (C=O) groups is 2. The van der Waals surface area contributed by atoms with Gasteiger partial charge in [-0.2, -0.15) is 0 Å². The lowest BCUT2D eigenvalue weighted by atomic mass is 10.2. The van der Waals surface area contributed by atoms with Gasteiger partial charge in [0.05, 0.1) is 24.2 Å². The van der Waals surface area contributed by atoms with Gasteiger partial charge in [-0.15, -0.1) is 11.8 Å². The summed E-state index contributed by atoms with van der Waals surface area (Å²) in [5.74, 6) is 1.08. The Hall–Kier alpha value is -2.21. The molecule has 0 aliphatic carbocycles. The Morgan fingerprint density at radius 2 is 2.14 bits per heavy atom. The van der Waals surface area contributed by atoms with Crippen molar-refractivity contribution < 1.29 is 14.0 Å². The maximum atomic E-state index is 12.1. The molecule has 1 aromatic carbocycles. The molecule has 6 heteroatoms. The third-order valence-electron chi connectivity index (χ3n) is 3.41. The first kappa shape index (κ1) is 14.7. The fourth-order valence-corrected chi connectivity index (χ4v) is 3.24. The molecule has 1 N–H and O–H groups in total. The van der Waals surface area contributed by atoms with Crippen LogP contribution in [0.4, 0.5) is 5.69 Å². The molecule has 2 aromatic rings. The second-order valence-corrected chi connectivity index (χ2v) is 5.93. The molecule has 0 saturated heterocycles. The highest BCUT2D eigenvalue weighted by Crippen LogP contribution is 2.34. The maximum Gasteiger partial charge on any atom is 0.237 e. The zero-order chi connectivity index (χ0) is 15.4. The van der Waals surface area contributed by atoms with Crippen molar-refractivity contribution >= 4 is 29.3 Å². The molecule has 1 aromatic heterocycles. The number of carbonyl (C=O) groups excluding carboxylic acids is 2. The van der Waals surface area contributed by atoms with Crippen LogP contribution in [0.2, 0.25) is 0 Å². The van der Waals surface area contributed by atoms with Gasteiger partial charge in [-0.3, -0.25) is 9.59 Å². The number of benzene rings is 1. The Bertz CT molecular complexity index is 670. The Labute approximate surface area is 132 Å². The summed E-state index contributed by atoms with van der Waals surface area (Å²) in [7, 11) is 0. The summed E-state index contributed by atoms with van der Waals surface area (Å²) in [6.45, 7) is 0.757. The molecule has 0 unspecified atom stereocenters. The van der Waals surface area contributed by atoms with E-state index < -0.39 is 0 Å². The van der Waals surface area contributed by atoms with Crippen LogP contribution in [0.15, 0.2) is 52.0 Å². The number of thioether (sulfide) groups is 1. The minimum Gasteiger partial charge on any atom is -0.467 e. The lowest BCUT2D eigenvalue weighted by Crippen LogP contribution is -2.38. The molecular formula is C16H16N2O3S. The molecule has 114 valence electrons. The average molecular weight is 316 g/mol. The fourth-order valence-electron chi connectivity index (χ4n) is 2.30. The van der Waals surface area contributed by atoms with E-state index >= 15 is 0 Å². The van der Waals surface area contributed by atoms with Gasteiger partial charge in [0, 0.05) is 17.9 Å². The third kappa shape index (κ3) is 3.33. The van der Waals surface area contributed by atoms with Crippen LogP contribution in [0.3, 0.4) is 0 Å². The van der Waals surface area contributed by atoms with Gasteiger partial charge < -0.3 is 14.6 Å². The van der Waals surface area contributed by atoms with Crippen molar-refractivity contribution in [2.75, 3.05) is 17.2 Å². The number of nitrogens with one attached hydrogen (secondary N) is 1. The van der Waals surface area contributed by atoms with E-state index in [1.165, 1.54) is 11.8 Å². The van der Waals surface area contributed by atoms with E-state index in [1.807, 2.05) is 30.3 Å². The largest absolute Gasteiger partial charge is 0.467 e. The summed E-state index contributed by atoms with van der Waals surface area (Å²) >= 11 is 1.54. The SMILES string of the molecule is O=C(CCN1C(=O)CSc2ccccc21)NCc1ccco1. The second kappa shape index (κ2) is 6.70. The smallest absolute Gasteiger partial charge is 0.237 e. The Morgan fingerprint density at radius 1 is 1.27 bits per heavy atom. The van der Waals surface area contributed by atoms with Crippen molar-refractivity contribution in [1.29, 1.82) is 0 Å². The van der Waals surface area contributed by atoms with Gasteiger partial charge in [-0.1, -0.05) is 12.1 Å². The van der Waals surface area contributed by atoms with Crippen LogP contribution in [-0.4, -0.2) is 24.1 Å². The van der Waals surface area contributed by atoms with Gasteiger partial charge in [0.15, 0.2) is 0 Å². The molecule has 5 nitrogen and oxygen atoms in total. The van der Waals surface area contributed by atoms with E-state index in [2.05, 4.69) is 5.32 Å². The Balaban J connectivity index is 1.56. The number of hydrogen-bond acceptors (Lipinski definition) is 4. The molecule has 0 saturated carbocycles. The number of rotatable bonds is 5. The second-order valence-electron chi connectivity index (χ2n) is 4.91. The summed E-state index contributed by atoms with van der Waals surface area (Å²) in [6, 6.07) is 11.4. The molecule has 0 atom stereocenters. The number of hydrogen-bond donors (Lipinski definition) is 1. The normalized spacial score (nSPS) is 13.8. The summed E-state index contributed by atoms with van der Waals surface area (Å²) in [6.07, 6.45) is 1.84.